The van der Waals surface area contributed by atoms with Gasteiger partial charge >= 0.3 is 0 Å². The first-order valence-corrected chi connectivity index (χ1v) is 24.8. The molecule has 13 aromatic carbocycles. The maximum absolute atomic E-state index is 4.28. The molecule has 0 amide bonds. The van der Waals surface area contributed by atoms with Crippen molar-refractivity contribution in [2.75, 3.05) is 0 Å². The van der Waals surface area contributed by atoms with Crippen LogP contribution < -0.4 is 0 Å². The molecular formula is C71H47N. The summed E-state index contributed by atoms with van der Waals surface area (Å²) in [7, 11) is 0. The predicted octanol–water partition coefficient (Wildman–Crippen LogP) is 19.7. The van der Waals surface area contributed by atoms with Gasteiger partial charge in [0.25, 0.3) is 0 Å². The number of nitrogens with zero attached hydrogens (tertiary/aromatic N) is 1. The summed E-state index contributed by atoms with van der Waals surface area (Å²) in [5.41, 5.74) is 15.0. The van der Waals surface area contributed by atoms with Crippen LogP contribution in [0, 0.1) is 0 Å². The lowest BCUT2D eigenvalue weighted by molar-refractivity contribution is 1.33. The van der Waals surface area contributed by atoms with Crippen molar-refractivity contribution in [1.29, 1.82) is 0 Å². The largest absolute Gasteiger partial charge is 0.264 e. The molecule has 14 aromatic rings. The smallest absolute Gasteiger partial charge is 0.0346 e. The molecule has 1 heteroatoms. The lowest BCUT2D eigenvalue weighted by Gasteiger charge is -2.18. The van der Waals surface area contributed by atoms with Gasteiger partial charge in [-0.1, -0.05) is 261 Å². The summed E-state index contributed by atoms with van der Waals surface area (Å²) in [6.07, 6.45) is 3.73. The van der Waals surface area contributed by atoms with E-state index < -0.39 is 0 Å². The molecule has 0 atom stereocenters. The zero-order chi connectivity index (χ0) is 47.8. The van der Waals surface area contributed by atoms with E-state index in [-0.39, 0.29) is 0 Å². The lowest BCUT2D eigenvalue weighted by atomic mass is 9.85. The summed E-state index contributed by atoms with van der Waals surface area (Å²) >= 11 is 0. The molecule has 0 radical (unpaired) electrons. The summed E-state index contributed by atoms with van der Waals surface area (Å²) < 4.78 is 0. The molecular weight excluding hydrogens is 867 g/mol. The van der Waals surface area contributed by atoms with E-state index in [1.54, 1.807) is 0 Å². The fraction of sp³-hybridized carbons (Fsp3) is 0. The molecule has 1 nitrogen and oxygen atoms in total. The number of aromatic nitrogens is 1. The molecule has 0 aliphatic heterocycles. The van der Waals surface area contributed by atoms with Crippen LogP contribution >= 0.6 is 0 Å². The van der Waals surface area contributed by atoms with Gasteiger partial charge in [-0.05, 0) is 144 Å². The monoisotopic (exact) mass is 913 g/mol. The average molecular weight is 914 g/mol. The maximum Gasteiger partial charge on any atom is 0.0346 e. The lowest BCUT2D eigenvalue weighted by Crippen LogP contribution is -1.91. The Hall–Kier alpha value is -9.43. The quantitative estimate of drug-likeness (QED) is 0.152. The Morgan fingerprint density at radius 3 is 1.06 bits per heavy atom. The van der Waals surface area contributed by atoms with E-state index >= 15 is 0 Å². The summed E-state index contributed by atoms with van der Waals surface area (Å²) in [5, 5.41) is 15.3. The zero-order valence-corrected chi connectivity index (χ0v) is 39.6. The summed E-state index contributed by atoms with van der Waals surface area (Å²) in [6, 6.07) is 98.7. The average Bonchev–Trinajstić information content (AvgIpc) is 3.46. The Morgan fingerprint density at radius 2 is 0.556 bits per heavy atom. The third kappa shape index (κ3) is 7.65. The van der Waals surface area contributed by atoms with Crippen LogP contribution in [0.1, 0.15) is 0 Å². The van der Waals surface area contributed by atoms with Gasteiger partial charge in [0.2, 0.25) is 0 Å². The third-order valence-electron chi connectivity index (χ3n) is 14.4. The Labute approximate surface area is 419 Å². The second kappa shape index (κ2) is 18.5. The van der Waals surface area contributed by atoms with E-state index in [0.29, 0.717) is 0 Å². The fourth-order valence-electron chi connectivity index (χ4n) is 11.1. The zero-order valence-electron chi connectivity index (χ0n) is 39.6. The van der Waals surface area contributed by atoms with Crippen molar-refractivity contribution in [3.63, 3.8) is 0 Å². The highest BCUT2D eigenvalue weighted by atomic mass is 14.6. The molecule has 0 fully saturated rings. The van der Waals surface area contributed by atoms with Crippen LogP contribution in [0.15, 0.2) is 285 Å². The van der Waals surface area contributed by atoms with Gasteiger partial charge in [0.15, 0.2) is 0 Å². The van der Waals surface area contributed by atoms with Crippen molar-refractivity contribution in [2.45, 2.75) is 0 Å². The second-order valence-corrected chi connectivity index (χ2v) is 18.5. The van der Waals surface area contributed by atoms with Crippen LogP contribution in [0.3, 0.4) is 0 Å². The van der Waals surface area contributed by atoms with Crippen molar-refractivity contribution in [1.82, 2.24) is 4.98 Å². The minimum absolute atomic E-state index is 1.13. The maximum atomic E-state index is 4.28. The number of hydrogen-bond donors (Lipinski definition) is 0. The Bertz CT molecular complexity index is 4170. The van der Waals surface area contributed by atoms with Crippen LogP contribution in [0.5, 0.6) is 0 Å². The molecule has 0 aliphatic carbocycles. The molecule has 72 heavy (non-hydrogen) atoms. The molecule has 0 unspecified atom stereocenters. The molecule has 0 N–H and O–H groups in total. The number of pyridine rings is 1. The number of hydrogen-bond acceptors (Lipinski definition) is 1. The van der Waals surface area contributed by atoms with Crippen molar-refractivity contribution in [2.24, 2.45) is 0 Å². The highest BCUT2D eigenvalue weighted by molar-refractivity contribution is 6.23. The minimum Gasteiger partial charge on any atom is -0.264 e. The summed E-state index contributed by atoms with van der Waals surface area (Å²) in [6.45, 7) is 0. The Balaban J connectivity index is 0.000000140. The summed E-state index contributed by atoms with van der Waals surface area (Å²) in [5.74, 6) is 0. The van der Waals surface area contributed by atoms with Gasteiger partial charge in [0.05, 0.1) is 0 Å². The fourth-order valence-corrected chi connectivity index (χ4v) is 11.1. The van der Waals surface area contributed by atoms with Gasteiger partial charge < -0.3 is 0 Å². The number of fused-ring (bicyclic) bond motifs is 6. The first-order chi connectivity index (χ1) is 35.7. The predicted molar refractivity (Wildman–Crippen MR) is 308 cm³/mol. The van der Waals surface area contributed by atoms with Crippen molar-refractivity contribution in [3.8, 4) is 66.8 Å². The van der Waals surface area contributed by atoms with Crippen LogP contribution in [0.4, 0.5) is 0 Å². The van der Waals surface area contributed by atoms with Crippen LogP contribution in [-0.4, -0.2) is 4.98 Å². The van der Waals surface area contributed by atoms with E-state index in [1.807, 2.05) is 18.5 Å². The van der Waals surface area contributed by atoms with E-state index in [4.69, 9.17) is 0 Å². The second-order valence-electron chi connectivity index (χ2n) is 18.5. The van der Waals surface area contributed by atoms with Crippen LogP contribution in [-0.2, 0) is 0 Å². The topological polar surface area (TPSA) is 12.9 Å². The first kappa shape index (κ1) is 42.7. The van der Waals surface area contributed by atoms with Crippen LogP contribution in [0.2, 0.25) is 0 Å². The van der Waals surface area contributed by atoms with Gasteiger partial charge in [-0.3, -0.25) is 4.98 Å². The van der Waals surface area contributed by atoms with E-state index in [2.05, 4.69) is 272 Å². The molecule has 14 rings (SSSR count). The number of rotatable bonds is 6. The molecule has 0 saturated heterocycles. The normalized spacial score (nSPS) is 11.3. The molecule has 0 aliphatic rings. The third-order valence-corrected chi connectivity index (χ3v) is 14.4. The standard InChI is InChI=1S/C36H24.C35H23N/c1-2-12-27(13-3-1)35-31-16-6-8-18-33(31)36(34-19-9-7-17-32(34)35)28-23-21-26(22-24-28)30-20-10-14-25-11-4-5-15-29(25)30;1-2-9-27-22-28(20-17-24(27)8-1)35-32-13-5-3-11-30(32)34(31-12-4-6-14-33(31)35)26-18-15-25(16-19-26)29-10-7-21-36-23-29/h1-24H;1-23H. The van der Waals surface area contributed by atoms with Gasteiger partial charge in [0.1, 0.15) is 0 Å². The van der Waals surface area contributed by atoms with Crippen molar-refractivity contribution < 1.29 is 0 Å². The highest BCUT2D eigenvalue weighted by Gasteiger charge is 2.19. The SMILES string of the molecule is c1ccc(-c2c3ccccc3c(-c3ccc(-c4cccc5ccccc45)cc3)c3ccccc23)cc1.c1cncc(-c2ccc(-c3c4ccccc4c(-c4ccc5ccccc5c4)c4ccccc34)cc2)c1. The molecule has 1 aromatic heterocycles. The summed E-state index contributed by atoms with van der Waals surface area (Å²) in [4.78, 5) is 4.28. The highest BCUT2D eigenvalue weighted by Crippen LogP contribution is 2.46. The molecule has 0 saturated carbocycles. The van der Waals surface area contributed by atoms with Crippen molar-refractivity contribution >= 4 is 64.6 Å². The molecule has 0 bridgehead atoms. The molecule has 1 heterocycles. The van der Waals surface area contributed by atoms with E-state index in [9.17, 15) is 0 Å². The van der Waals surface area contributed by atoms with Gasteiger partial charge in [-0.15, -0.1) is 0 Å². The minimum atomic E-state index is 1.13. The molecule has 336 valence electrons. The van der Waals surface area contributed by atoms with Gasteiger partial charge in [-0.2, -0.15) is 0 Å². The van der Waals surface area contributed by atoms with Crippen LogP contribution in [0.25, 0.3) is 131 Å². The number of benzene rings is 13. The Morgan fingerprint density at radius 1 is 0.194 bits per heavy atom. The van der Waals surface area contributed by atoms with E-state index in [1.165, 1.54) is 126 Å². The Kier molecular flexibility index (Phi) is 10.9. The van der Waals surface area contributed by atoms with Crippen molar-refractivity contribution in [3.05, 3.63) is 285 Å². The first-order valence-electron chi connectivity index (χ1n) is 24.8. The molecule has 0 spiro atoms. The van der Waals surface area contributed by atoms with Gasteiger partial charge in [0, 0.05) is 12.4 Å². The van der Waals surface area contributed by atoms with E-state index in [0.717, 1.165) is 5.56 Å². The van der Waals surface area contributed by atoms with Gasteiger partial charge in [-0.25, -0.2) is 0 Å².